The molecule has 2 rings (SSSR count). The molecule has 1 aliphatic rings. The Morgan fingerprint density at radius 2 is 2.33 bits per heavy atom. The number of aromatic nitrogens is 1. The topological polar surface area (TPSA) is 88.3 Å². The molecule has 2 unspecified atom stereocenters. The minimum Gasteiger partial charge on any atom is -0.381 e. The van der Waals surface area contributed by atoms with Gasteiger partial charge < -0.3 is 9.72 Å². The van der Waals surface area contributed by atoms with Crippen LogP contribution in [0.1, 0.15) is 13.3 Å². The van der Waals surface area contributed by atoms with Gasteiger partial charge in [-0.15, -0.1) is 0 Å². The Morgan fingerprint density at radius 1 is 1.56 bits per heavy atom. The lowest BCUT2D eigenvalue weighted by Crippen LogP contribution is -2.39. The van der Waals surface area contributed by atoms with Crippen molar-refractivity contribution in [2.24, 2.45) is 5.92 Å². The maximum absolute atomic E-state index is 12.0. The van der Waals surface area contributed by atoms with Crippen LogP contribution in [0.5, 0.6) is 0 Å². The van der Waals surface area contributed by atoms with Crippen molar-refractivity contribution in [2.75, 3.05) is 13.2 Å². The molecule has 1 aromatic heterocycles. The first-order chi connectivity index (χ1) is 8.50. The molecule has 100 valence electrons. The third-order valence-electron chi connectivity index (χ3n) is 3.09. The molecule has 0 bridgehead atoms. The number of hydrogen-bond donors (Lipinski definition) is 2. The third kappa shape index (κ3) is 2.80. The molecule has 0 saturated carbocycles. The molecule has 2 N–H and O–H groups in total. The molecule has 6 nitrogen and oxygen atoms in total. The lowest BCUT2D eigenvalue weighted by Gasteiger charge is -2.18. The van der Waals surface area contributed by atoms with E-state index in [2.05, 4.69) is 9.71 Å². The zero-order chi connectivity index (χ0) is 13.2. The van der Waals surface area contributed by atoms with Gasteiger partial charge in [0.1, 0.15) is 4.90 Å². The zero-order valence-corrected chi connectivity index (χ0v) is 10.9. The largest absolute Gasteiger partial charge is 0.381 e. The summed E-state index contributed by atoms with van der Waals surface area (Å²) in [6.07, 6.45) is 3.42. The summed E-state index contributed by atoms with van der Waals surface area (Å²) in [5.41, 5.74) is -0.517. The molecular formula is C11H16N2O4S. The van der Waals surface area contributed by atoms with Crippen LogP contribution in [0.4, 0.5) is 0 Å². The highest BCUT2D eigenvalue weighted by molar-refractivity contribution is 7.89. The van der Waals surface area contributed by atoms with Crippen LogP contribution < -0.4 is 10.2 Å². The van der Waals surface area contributed by atoms with Crippen molar-refractivity contribution in [3.8, 4) is 0 Å². The van der Waals surface area contributed by atoms with Crippen LogP contribution in [0.3, 0.4) is 0 Å². The summed E-state index contributed by atoms with van der Waals surface area (Å²) in [4.78, 5) is 13.9. The minimum absolute atomic E-state index is 0.155. The van der Waals surface area contributed by atoms with Gasteiger partial charge in [-0.05, 0) is 13.3 Å². The molecule has 2 atom stereocenters. The summed E-state index contributed by atoms with van der Waals surface area (Å²) >= 11 is 0. The highest BCUT2D eigenvalue weighted by Gasteiger charge is 2.27. The van der Waals surface area contributed by atoms with E-state index in [0.29, 0.717) is 13.2 Å². The van der Waals surface area contributed by atoms with Crippen molar-refractivity contribution in [3.63, 3.8) is 0 Å². The number of aromatic amines is 1. The van der Waals surface area contributed by atoms with E-state index in [9.17, 15) is 13.2 Å². The number of sulfonamides is 1. The number of hydrogen-bond acceptors (Lipinski definition) is 4. The molecule has 1 aliphatic heterocycles. The normalized spacial score (nSPS) is 21.9. The number of ether oxygens (including phenoxy) is 1. The average Bonchev–Trinajstić information content (AvgIpc) is 2.82. The van der Waals surface area contributed by atoms with Crippen molar-refractivity contribution in [1.29, 1.82) is 0 Å². The van der Waals surface area contributed by atoms with Crippen LogP contribution in [0, 0.1) is 5.92 Å². The van der Waals surface area contributed by atoms with Gasteiger partial charge in [0.2, 0.25) is 15.5 Å². The molecule has 0 radical (unpaired) electrons. The van der Waals surface area contributed by atoms with Gasteiger partial charge in [-0.2, -0.15) is 0 Å². The minimum atomic E-state index is -3.78. The van der Waals surface area contributed by atoms with Crippen molar-refractivity contribution >= 4 is 10.0 Å². The predicted octanol–water partition coefficient (Wildman–Crippen LogP) is 0.0782. The number of H-pyrrole nitrogens is 1. The van der Waals surface area contributed by atoms with Crippen molar-refractivity contribution < 1.29 is 13.2 Å². The summed E-state index contributed by atoms with van der Waals surface area (Å²) < 4.78 is 31.8. The van der Waals surface area contributed by atoms with Crippen LogP contribution in [0.25, 0.3) is 0 Å². The molecule has 18 heavy (non-hydrogen) atoms. The quantitative estimate of drug-likeness (QED) is 0.812. The molecule has 1 saturated heterocycles. The van der Waals surface area contributed by atoms with Crippen LogP contribution in [-0.4, -0.2) is 32.7 Å². The smallest absolute Gasteiger partial charge is 0.246 e. The Bertz CT molecular complexity index is 560. The molecule has 1 aromatic rings. The molecule has 0 aromatic carbocycles. The van der Waals surface area contributed by atoms with E-state index in [1.165, 1.54) is 18.5 Å². The first kappa shape index (κ1) is 13.3. The lowest BCUT2D eigenvalue weighted by atomic mass is 10.0. The van der Waals surface area contributed by atoms with Crippen LogP contribution >= 0.6 is 0 Å². The fraction of sp³-hybridized carbons (Fsp3) is 0.545. The fourth-order valence-electron chi connectivity index (χ4n) is 1.96. The van der Waals surface area contributed by atoms with E-state index in [-0.39, 0.29) is 16.9 Å². The van der Waals surface area contributed by atoms with Crippen LogP contribution in [0.2, 0.25) is 0 Å². The van der Waals surface area contributed by atoms with E-state index in [4.69, 9.17) is 4.74 Å². The molecule has 1 fully saturated rings. The van der Waals surface area contributed by atoms with Crippen molar-refractivity contribution in [2.45, 2.75) is 24.3 Å². The summed E-state index contributed by atoms with van der Waals surface area (Å²) in [5.74, 6) is 0.155. The maximum atomic E-state index is 12.0. The molecule has 0 aliphatic carbocycles. The Hall–Kier alpha value is -1.18. The van der Waals surface area contributed by atoms with Gasteiger partial charge in [0.05, 0.1) is 6.61 Å². The summed E-state index contributed by atoms with van der Waals surface area (Å²) in [5, 5.41) is 0. The van der Waals surface area contributed by atoms with Crippen molar-refractivity contribution in [3.05, 3.63) is 28.7 Å². The zero-order valence-electron chi connectivity index (χ0n) is 10.0. The Morgan fingerprint density at radius 3 is 2.94 bits per heavy atom. The molecule has 2 heterocycles. The van der Waals surface area contributed by atoms with E-state index in [0.717, 1.165) is 6.42 Å². The van der Waals surface area contributed by atoms with E-state index in [1.807, 2.05) is 0 Å². The first-order valence-corrected chi connectivity index (χ1v) is 7.26. The van der Waals surface area contributed by atoms with Gasteiger partial charge in [-0.1, -0.05) is 0 Å². The second-order valence-electron chi connectivity index (χ2n) is 4.41. The SMILES string of the molecule is CC(NS(=O)(=O)c1c[nH]ccc1=O)C1CCOC1. The van der Waals surface area contributed by atoms with Gasteiger partial charge in [0.25, 0.3) is 0 Å². The molecule has 0 spiro atoms. The molecule has 7 heteroatoms. The summed E-state index contributed by atoms with van der Waals surface area (Å²) in [6.45, 7) is 2.99. The van der Waals surface area contributed by atoms with Gasteiger partial charge >= 0.3 is 0 Å². The highest BCUT2D eigenvalue weighted by atomic mass is 32.2. The Balaban J connectivity index is 2.17. The number of pyridine rings is 1. The Labute approximate surface area is 105 Å². The van der Waals surface area contributed by atoms with Gasteiger partial charge in [-0.3, -0.25) is 4.79 Å². The average molecular weight is 272 g/mol. The standard InChI is InChI=1S/C11H16N2O4S/c1-8(9-3-5-17-7-9)13-18(15,16)11-6-12-4-2-10(11)14/h2,4,6,8-9,13H,3,5,7H2,1H3,(H,12,14). The predicted molar refractivity (Wildman–Crippen MR) is 65.8 cm³/mol. The second kappa shape index (κ2) is 5.21. The summed E-state index contributed by atoms with van der Waals surface area (Å²) in [7, 11) is -3.78. The lowest BCUT2D eigenvalue weighted by molar-refractivity contribution is 0.180. The monoisotopic (exact) mass is 272 g/mol. The molecular weight excluding hydrogens is 256 g/mol. The maximum Gasteiger partial charge on any atom is 0.246 e. The fourth-order valence-corrected chi connectivity index (χ4v) is 3.33. The molecule has 0 amide bonds. The van der Waals surface area contributed by atoms with Gasteiger partial charge in [0.15, 0.2) is 0 Å². The highest BCUT2D eigenvalue weighted by Crippen LogP contribution is 2.17. The van der Waals surface area contributed by atoms with Crippen LogP contribution in [0.15, 0.2) is 28.2 Å². The van der Waals surface area contributed by atoms with Crippen LogP contribution in [-0.2, 0) is 14.8 Å². The number of nitrogens with one attached hydrogen (secondary N) is 2. The van der Waals surface area contributed by atoms with E-state index < -0.39 is 15.5 Å². The third-order valence-corrected chi connectivity index (χ3v) is 4.67. The second-order valence-corrected chi connectivity index (χ2v) is 6.09. The van der Waals surface area contributed by atoms with Crippen molar-refractivity contribution in [1.82, 2.24) is 9.71 Å². The van der Waals surface area contributed by atoms with Gasteiger partial charge in [-0.25, -0.2) is 13.1 Å². The Kier molecular flexibility index (Phi) is 3.84. The number of rotatable bonds is 4. The first-order valence-electron chi connectivity index (χ1n) is 5.78. The van der Waals surface area contributed by atoms with E-state index in [1.54, 1.807) is 6.92 Å². The summed E-state index contributed by atoms with van der Waals surface area (Å²) in [6, 6.07) is 0.940. The van der Waals surface area contributed by atoms with E-state index >= 15 is 0 Å². The van der Waals surface area contributed by atoms with Gasteiger partial charge in [0, 0.05) is 37.0 Å².